The van der Waals surface area contributed by atoms with Crippen molar-refractivity contribution in [1.82, 2.24) is 9.97 Å². The van der Waals surface area contributed by atoms with Crippen LogP contribution in [0.4, 0.5) is 21.4 Å². The van der Waals surface area contributed by atoms with Crippen LogP contribution < -0.4 is 15.4 Å². The average molecular weight is 298 g/mol. The van der Waals surface area contributed by atoms with Crippen LogP contribution in [-0.2, 0) is 9.47 Å². The number of methoxy groups -OCH3 is 2. The van der Waals surface area contributed by atoms with E-state index in [1.165, 1.54) is 20.3 Å². The Morgan fingerprint density at radius 1 is 1.14 bits per heavy atom. The number of nitrogens with one attached hydrogen (secondary N) is 2. The second kappa shape index (κ2) is 8.56. The van der Waals surface area contributed by atoms with Gasteiger partial charge >= 0.3 is 12.2 Å². The van der Waals surface area contributed by atoms with Gasteiger partial charge in [-0.25, -0.2) is 9.59 Å². The molecule has 0 saturated carbocycles. The van der Waals surface area contributed by atoms with E-state index >= 15 is 0 Å². The molecule has 1 aromatic heterocycles. The van der Waals surface area contributed by atoms with Gasteiger partial charge in [0.05, 0.1) is 20.8 Å². The summed E-state index contributed by atoms with van der Waals surface area (Å²) in [5, 5.41) is 4.67. The number of rotatable bonds is 6. The third-order valence-electron chi connectivity index (χ3n) is 2.27. The van der Waals surface area contributed by atoms with Gasteiger partial charge in [0.15, 0.2) is 0 Å². The molecule has 0 aliphatic rings. The zero-order chi connectivity index (χ0) is 15.7. The monoisotopic (exact) mass is 298 g/mol. The Hall–Kier alpha value is -2.58. The Morgan fingerprint density at radius 3 is 2.43 bits per heavy atom. The quantitative estimate of drug-likeness (QED) is 0.772. The lowest BCUT2D eigenvalue weighted by atomic mass is 10.4. The van der Waals surface area contributed by atoms with Crippen molar-refractivity contribution in [3.63, 3.8) is 0 Å². The van der Waals surface area contributed by atoms with E-state index in [9.17, 15) is 9.59 Å². The van der Waals surface area contributed by atoms with Crippen LogP contribution in [0.1, 0.15) is 19.8 Å². The molecular weight excluding hydrogens is 280 g/mol. The minimum Gasteiger partial charge on any atom is -0.477 e. The number of anilines is 2. The van der Waals surface area contributed by atoms with E-state index in [1.54, 1.807) is 0 Å². The molecule has 21 heavy (non-hydrogen) atoms. The van der Waals surface area contributed by atoms with Crippen molar-refractivity contribution >= 4 is 24.0 Å². The summed E-state index contributed by atoms with van der Waals surface area (Å²) in [6, 6.07) is 1.43. The SMILES string of the molecule is CCCCOc1cc(NC(=O)OC)nc(NC(=O)OC)n1. The van der Waals surface area contributed by atoms with Gasteiger partial charge in [0.2, 0.25) is 11.8 Å². The lowest BCUT2D eigenvalue weighted by molar-refractivity contribution is 0.186. The van der Waals surface area contributed by atoms with Crippen molar-refractivity contribution in [2.45, 2.75) is 19.8 Å². The van der Waals surface area contributed by atoms with Crippen LogP contribution in [-0.4, -0.2) is 43.0 Å². The highest BCUT2D eigenvalue weighted by molar-refractivity contribution is 5.85. The first-order chi connectivity index (χ1) is 10.1. The van der Waals surface area contributed by atoms with Gasteiger partial charge in [-0.05, 0) is 6.42 Å². The van der Waals surface area contributed by atoms with E-state index in [2.05, 4.69) is 30.1 Å². The number of hydrogen-bond acceptors (Lipinski definition) is 7. The number of ether oxygens (including phenoxy) is 3. The fourth-order valence-electron chi connectivity index (χ4n) is 1.24. The molecule has 1 heterocycles. The summed E-state index contributed by atoms with van der Waals surface area (Å²) in [5.74, 6) is 0.299. The Balaban J connectivity index is 2.89. The third kappa shape index (κ3) is 5.93. The standard InChI is InChI=1S/C12H18N4O5/c1-4-5-6-21-9-7-8(14-11(17)19-2)13-10(15-9)16-12(18)20-3/h7H,4-6H2,1-3H3,(H2,13,14,15,16,17,18). The van der Waals surface area contributed by atoms with Gasteiger partial charge in [-0.2, -0.15) is 9.97 Å². The molecule has 2 amide bonds. The summed E-state index contributed by atoms with van der Waals surface area (Å²) in [7, 11) is 2.44. The first-order valence-corrected chi connectivity index (χ1v) is 6.30. The number of carbonyl (C=O) groups excluding carboxylic acids is 2. The van der Waals surface area contributed by atoms with Gasteiger partial charge < -0.3 is 14.2 Å². The summed E-state index contributed by atoms with van der Waals surface area (Å²) in [5.41, 5.74) is 0. The molecule has 0 unspecified atom stereocenters. The number of hydrogen-bond donors (Lipinski definition) is 2. The molecule has 1 rings (SSSR count). The number of amides is 2. The van der Waals surface area contributed by atoms with Gasteiger partial charge in [0, 0.05) is 6.07 Å². The van der Waals surface area contributed by atoms with Gasteiger partial charge in [0.1, 0.15) is 5.82 Å². The number of aromatic nitrogens is 2. The molecule has 0 bridgehead atoms. The highest BCUT2D eigenvalue weighted by atomic mass is 16.5. The summed E-state index contributed by atoms with van der Waals surface area (Å²) >= 11 is 0. The van der Waals surface area contributed by atoms with Crippen molar-refractivity contribution in [3.05, 3.63) is 6.07 Å². The lowest BCUT2D eigenvalue weighted by Gasteiger charge is -2.10. The molecule has 0 fully saturated rings. The molecule has 0 saturated heterocycles. The largest absolute Gasteiger partial charge is 0.477 e. The zero-order valence-corrected chi connectivity index (χ0v) is 12.1. The molecule has 116 valence electrons. The van der Waals surface area contributed by atoms with E-state index in [4.69, 9.17) is 4.74 Å². The normalized spacial score (nSPS) is 9.67. The molecule has 0 aliphatic carbocycles. The third-order valence-corrected chi connectivity index (χ3v) is 2.27. The Bertz CT molecular complexity index is 458. The summed E-state index contributed by atoms with van der Waals surface area (Å²) in [4.78, 5) is 30.3. The second-order valence-electron chi connectivity index (χ2n) is 3.85. The van der Waals surface area contributed by atoms with Gasteiger partial charge in [0.25, 0.3) is 0 Å². The van der Waals surface area contributed by atoms with Crippen LogP contribution in [0.15, 0.2) is 6.07 Å². The van der Waals surface area contributed by atoms with Gasteiger partial charge in [-0.1, -0.05) is 13.3 Å². The van der Waals surface area contributed by atoms with E-state index in [0.29, 0.717) is 6.61 Å². The Morgan fingerprint density at radius 2 is 1.81 bits per heavy atom. The highest BCUT2D eigenvalue weighted by Crippen LogP contribution is 2.17. The van der Waals surface area contributed by atoms with Crippen molar-refractivity contribution in [1.29, 1.82) is 0 Å². The number of unbranched alkanes of at least 4 members (excludes halogenated alkanes) is 1. The maximum atomic E-state index is 11.2. The van der Waals surface area contributed by atoms with Crippen molar-refractivity contribution in [3.8, 4) is 5.88 Å². The molecule has 0 spiro atoms. The predicted octanol–water partition coefficient (Wildman–Crippen LogP) is 2.01. The number of carbonyl (C=O) groups is 2. The lowest BCUT2D eigenvalue weighted by Crippen LogP contribution is -2.17. The predicted molar refractivity (Wildman–Crippen MR) is 74.5 cm³/mol. The minimum atomic E-state index is -0.732. The molecule has 1 aromatic rings. The summed E-state index contributed by atoms with van der Waals surface area (Å²) in [6.07, 6.45) is 0.386. The summed E-state index contributed by atoms with van der Waals surface area (Å²) < 4.78 is 14.3. The van der Waals surface area contributed by atoms with Gasteiger partial charge in [-0.15, -0.1) is 0 Å². The fraction of sp³-hybridized carbons (Fsp3) is 0.500. The smallest absolute Gasteiger partial charge is 0.413 e. The zero-order valence-electron chi connectivity index (χ0n) is 12.1. The Kier molecular flexibility index (Phi) is 6.72. The highest BCUT2D eigenvalue weighted by Gasteiger charge is 2.11. The Labute approximate surface area is 122 Å². The molecule has 0 aliphatic heterocycles. The second-order valence-corrected chi connectivity index (χ2v) is 3.85. The van der Waals surface area contributed by atoms with Crippen molar-refractivity contribution in [2.75, 3.05) is 31.5 Å². The molecule has 0 radical (unpaired) electrons. The minimum absolute atomic E-state index is 0.0535. The van der Waals surface area contributed by atoms with Crippen molar-refractivity contribution < 1.29 is 23.8 Å². The van der Waals surface area contributed by atoms with E-state index in [1.807, 2.05) is 6.92 Å². The van der Waals surface area contributed by atoms with Crippen LogP contribution in [0.5, 0.6) is 5.88 Å². The maximum absolute atomic E-state index is 11.2. The molecule has 9 nitrogen and oxygen atoms in total. The van der Waals surface area contributed by atoms with E-state index < -0.39 is 12.2 Å². The molecule has 0 aromatic carbocycles. The molecule has 9 heteroatoms. The summed E-state index contributed by atoms with van der Waals surface area (Å²) in [6.45, 7) is 2.49. The van der Waals surface area contributed by atoms with Crippen LogP contribution in [0.2, 0.25) is 0 Å². The first-order valence-electron chi connectivity index (χ1n) is 6.30. The number of nitrogens with zero attached hydrogens (tertiary/aromatic N) is 2. The topological polar surface area (TPSA) is 112 Å². The average Bonchev–Trinajstić information content (AvgIpc) is 2.47. The first kappa shape index (κ1) is 16.5. The van der Waals surface area contributed by atoms with E-state index in [-0.39, 0.29) is 17.6 Å². The fourth-order valence-corrected chi connectivity index (χ4v) is 1.24. The van der Waals surface area contributed by atoms with Crippen molar-refractivity contribution in [2.24, 2.45) is 0 Å². The molecule has 2 N–H and O–H groups in total. The van der Waals surface area contributed by atoms with Crippen LogP contribution in [0.25, 0.3) is 0 Å². The van der Waals surface area contributed by atoms with Gasteiger partial charge in [-0.3, -0.25) is 10.6 Å². The van der Waals surface area contributed by atoms with Crippen LogP contribution in [0, 0.1) is 0 Å². The van der Waals surface area contributed by atoms with E-state index in [0.717, 1.165) is 12.8 Å². The molecular formula is C12H18N4O5. The van der Waals surface area contributed by atoms with Crippen LogP contribution in [0.3, 0.4) is 0 Å². The van der Waals surface area contributed by atoms with Crippen LogP contribution >= 0.6 is 0 Å². The maximum Gasteiger partial charge on any atom is 0.413 e. The molecule has 0 atom stereocenters.